The van der Waals surface area contributed by atoms with Crippen LogP contribution in [0.15, 0.2) is 23.1 Å². The van der Waals surface area contributed by atoms with Crippen LogP contribution >= 0.6 is 11.8 Å². The molecule has 6 nitrogen and oxygen atoms in total. The number of amides is 2. The van der Waals surface area contributed by atoms with Crippen LogP contribution in [0.25, 0.3) is 0 Å². The number of carboxylic acid groups (broad SMARTS) is 1. The first-order valence-electron chi connectivity index (χ1n) is 7.07. The van der Waals surface area contributed by atoms with Crippen molar-refractivity contribution in [1.29, 1.82) is 0 Å². The fourth-order valence-corrected chi connectivity index (χ4v) is 3.07. The number of carboxylic acids is 1. The molecule has 118 valence electrons. The van der Waals surface area contributed by atoms with E-state index < -0.39 is 17.9 Å². The van der Waals surface area contributed by atoms with Crippen molar-refractivity contribution in [2.45, 2.75) is 42.9 Å². The summed E-state index contributed by atoms with van der Waals surface area (Å²) in [5.74, 6) is -1.61. The van der Waals surface area contributed by atoms with E-state index in [1.54, 1.807) is 18.2 Å². The molecular weight excluding hydrogens is 304 g/mol. The van der Waals surface area contributed by atoms with Crippen LogP contribution in [0.3, 0.4) is 0 Å². The smallest absolute Gasteiger partial charge is 0.326 e. The van der Waals surface area contributed by atoms with Gasteiger partial charge in [-0.15, -0.1) is 11.8 Å². The van der Waals surface area contributed by atoms with Crippen LogP contribution in [0, 0.1) is 0 Å². The van der Waals surface area contributed by atoms with Gasteiger partial charge in [-0.2, -0.15) is 0 Å². The summed E-state index contributed by atoms with van der Waals surface area (Å²) in [6.45, 7) is 3.67. The fraction of sp³-hybridized carbons (Fsp3) is 0.400. The molecule has 0 saturated carbocycles. The Balaban J connectivity index is 2.16. The molecule has 1 aliphatic rings. The van der Waals surface area contributed by atoms with Gasteiger partial charge in [0.2, 0.25) is 5.91 Å². The minimum absolute atomic E-state index is 0.107. The van der Waals surface area contributed by atoms with Crippen molar-refractivity contribution in [2.75, 3.05) is 5.32 Å². The summed E-state index contributed by atoms with van der Waals surface area (Å²) in [5, 5.41) is 14.2. The number of hydrogen-bond acceptors (Lipinski definition) is 4. The number of nitrogens with one attached hydrogen (secondary N) is 2. The van der Waals surface area contributed by atoms with E-state index in [0.717, 1.165) is 4.90 Å². The van der Waals surface area contributed by atoms with Crippen LogP contribution in [0.4, 0.5) is 5.69 Å². The first-order valence-corrected chi connectivity index (χ1v) is 7.95. The minimum Gasteiger partial charge on any atom is -0.480 e. The zero-order valence-corrected chi connectivity index (χ0v) is 13.2. The summed E-state index contributed by atoms with van der Waals surface area (Å²) in [5.41, 5.74) is 0.916. The molecule has 2 unspecified atom stereocenters. The number of hydrogen-bond donors (Lipinski definition) is 3. The highest BCUT2D eigenvalue weighted by Crippen LogP contribution is 2.35. The minimum atomic E-state index is -1.05. The molecule has 1 aromatic rings. The predicted octanol–water partition coefficient (Wildman–Crippen LogP) is 2.10. The highest BCUT2D eigenvalue weighted by molar-refractivity contribution is 8.00. The molecular formula is C15H18N2O4S. The molecule has 0 aliphatic carbocycles. The van der Waals surface area contributed by atoms with Crippen LogP contribution < -0.4 is 10.6 Å². The Bertz CT molecular complexity index is 618. The number of carbonyl (C=O) groups excluding carboxylic acids is 2. The van der Waals surface area contributed by atoms with Crippen LogP contribution in [0.1, 0.15) is 37.0 Å². The predicted molar refractivity (Wildman–Crippen MR) is 84.2 cm³/mol. The number of anilines is 1. The van der Waals surface area contributed by atoms with Gasteiger partial charge in [-0.25, -0.2) is 4.79 Å². The van der Waals surface area contributed by atoms with Gasteiger partial charge in [0.1, 0.15) is 6.04 Å². The van der Waals surface area contributed by atoms with Gasteiger partial charge >= 0.3 is 5.97 Å². The second-order valence-corrected chi connectivity index (χ2v) is 6.50. The van der Waals surface area contributed by atoms with Crippen LogP contribution in [-0.4, -0.2) is 34.2 Å². The van der Waals surface area contributed by atoms with Gasteiger partial charge in [-0.3, -0.25) is 9.59 Å². The summed E-state index contributed by atoms with van der Waals surface area (Å²) in [7, 11) is 0. The Morgan fingerprint density at radius 3 is 2.82 bits per heavy atom. The molecule has 7 heteroatoms. The summed E-state index contributed by atoms with van der Waals surface area (Å²) < 4.78 is 0. The molecule has 1 aromatic carbocycles. The van der Waals surface area contributed by atoms with Crippen LogP contribution in [0.5, 0.6) is 0 Å². The van der Waals surface area contributed by atoms with Crippen LogP contribution in [0.2, 0.25) is 0 Å². The van der Waals surface area contributed by atoms with Gasteiger partial charge in [-0.1, -0.05) is 13.3 Å². The van der Waals surface area contributed by atoms with Gasteiger partial charge < -0.3 is 15.7 Å². The summed E-state index contributed by atoms with van der Waals surface area (Å²) in [4.78, 5) is 35.8. The third kappa shape index (κ3) is 3.59. The number of thioether (sulfide) groups is 1. The molecule has 0 spiro atoms. The molecule has 0 radical (unpaired) electrons. The van der Waals surface area contributed by atoms with E-state index >= 15 is 0 Å². The maximum absolute atomic E-state index is 12.2. The highest BCUT2D eigenvalue weighted by atomic mass is 32.2. The van der Waals surface area contributed by atoms with Crippen LogP contribution in [-0.2, 0) is 9.59 Å². The van der Waals surface area contributed by atoms with E-state index in [4.69, 9.17) is 5.11 Å². The lowest BCUT2D eigenvalue weighted by Gasteiger charge is -2.22. The lowest BCUT2D eigenvalue weighted by atomic mass is 10.1. The number of rotatable bonds is 5. The van der Waals surface area contributed by atoms with Gasteiger partial charge in [0.25, 0.3) is 5.91 Å². The van der Waals surface area contributed by atoms with E-state index in [1.807, 2.05) is 13.8 Å². The SMILES string of the molecule is CCCC(NC(=O)c1ccc2c(c1)NC(=O)C(C)S2)C(=O)O. The molecule has 2 rings (SSSR count). The Kier molecular flexibility index (Phi) is 5.07. The van der Waals surface area contributed by atoms with E-state index in [2.05, 4.69) is 10.6 Å². The van der Waals surface area contributed by atoms with Crippen molar-refractivity contribution >= 4 is 35.2 Å². The fourth-order valence-electron chi connectivity index (χ4n) is 2.14. The van der Waals surface area contributed by atoms with Gasteiger partial charge in [-0.05, 0) is 31.5 Å². The zero-order valence-electron chi connectivity index (χ0n) is 12.4. The Morgan fingerprint density at radius 1 is 1.45 bits per heavy atom. The molecule has 0 fully saturated rings. The second kappa shape index (κ2) is 6.83. The first kappa shape index (κ1) is 16.4. The van der Waals surface area contributed by atoms with Gasteiger partial charge in [0.05, 0.1) is 10.9 Å². The average Bonchev–Trinajstić information content (AvgIpc) is 2.47. The van der Waals surface area contributed by atoms with E-state index in [0.29, 0.717) is 24.1 Å². The van der Waals surface area contributed by atoms with Crippen molar-refractivity contribution in [3.63, 3.8) is 0 Å². The molecule has 3 N–H and O–H groups in total. The maximum Gasteiger partial charge on any atom is 0.326 e. The topological polar surface area (TPSA) is 95.5 Å². The van der Waals surface area contributed by atoms with E-state index in [1.165, 1.54) is 11.8 Å². The summed E-state index contributed by atoms with van der Waals surface area (Å²) in [6.07, 6.45) is 1.03. The largest absolute Gasteiger partial charge is 0.480 e. The standard InChI is InChI=1S/C15H18N2O4S/c1-3-4-10(15(20)21)16-14(19)9-5-6-12-11(7-9)17-13(18)8(2)22-12/h5-8,10H,3-4H2,1-2H3,(H,16,19)(H,17,18)(H,20,21). The number of carbonyl (C=O) groups is 3. The molecule has 1 aliphatic heterocycles. The van der Waals surface area contributed by atoms with Crippen molar-refractivity contribution in [1.82, 2.24) is 5.32 Å². The number of aliphatic carboxylic acids is 1. The monoisotopic (exact) mass is 322 g/mol. The molecule has 0 aromatic heterocycles. The van der Waals surface area contributed by atoms with Crippen molar-refractivity contribution in [2.24, 2.45) is 0 Å². The lowest BCUT2D eigenvalue weighted by Crippen LogP contribution is -2.40. The summed E-state index contributed by atoms with van der Waals surface area (Å²) >= 11 is 1.43. The summed E-state index contributed by atoms with van der Waals surface area (Å²) in [6, 6.07) is 4.07. The Hall–Kier alpha value is -2.02. The maximum atomic E-state index is 12.2. The third-order valence-electron chi connectivity index (χ3n) is 3.35. The zero-order chi connectivity index (χ0) is 16.3. The van der Waals surface area contributed by atoms with Gasteiger partial charge in [0, 0.05) is 10.5 Å². The van der Waals surface area contributed by atoms with Crippen molar-refractivity contribution in [3.8, 4) is 0 Å². The molecule has 2 amide bonds. The second-order valence-electron chi connectivity index (χ2n) is 5.11. The molecule has 2 atom stereocenters. The van der Waals surface area contributed by atoms with Crippen molar-refractivity contribution in [3.05, 3.63) is 23.8 Å². The molecule has 0 saturated heterocycles. The molecule has 1 heterocycles. The van der Waals surface area contributed by atoms with E-state index in [9.17, 15) is 14.4 Å². The highest BCUT2D eigenvalue weighted by Gasteiger charge is 2.25. The number of benzene rings is 1. The molecule has 22 heavy (non-hydrogen) atoms. The molecule has 0 bridgehead atoms. The Morgan fingerprint density at radius 2 is 2.18 bits per heavy atom. The normalized spacial score (nSPS) is 18.1. The quantitative estimate of drug-likeness (QED) is 0.771. The first-order chi connectivity index (χ1) is 10.4. The van der Waals surface area contributed by atoms with Crippen molar-refractivity contribution < 1.29 is 19.5 Å². The van der Waals surface area contributed by atoms with Gasteiger partial charge in [0.15, 0.2) is 0 Å². The van der Waals surface area contributed by atoms with E-state index in [-0.39, 0.29) is 11.2 Å². The Labute approximate surface area is 132 Å². The lowest BCUT2D eigenvalue weighted by molar-refractivity contribution is -0.139. The third-order valence-corrected chi connectivity index (χ3v) is 4.53. The average molecular weight is 322 g/mol. The number of fused-ring (bicyclic) bond motifs is 1.